The summed E-state index contributed by atoms with van der Waals surface area (Å²) in [6, 6.07) is 3.11. The Morgan fingerprint density at radius 1 is 1.36 bits per heavy atom. The average molecular weight is 433 g/mol. The van der Waals surface area contributed by atoms with E-state index in [1.165, 1.54) is 0 Å². The fourth-order valence-corrected chi connectivity index (χ4v) is 4.20. The Balaban J connectivity index is 2.27. The molecule has 1 atom stereocenters. The smallest absolute Gasteiger partial charge is 0.416 e. The molecule has 6 nitrogen and oxygen atoms in total. The third kappa shape index (κ3) is 2.71. The molecule has 3 N–H and O–H groups in total. The first-order chi connectivity index (χ1) is 12.8. The zero-order valence-corrected chi connectivity index (χ0v) is 16.0. The van der Waals surface area contributed by atoms with Gasteiger partial charge in [-0.05, 0) is 24.0 Å². The predicted octanol–water partition coefficient (Wildman–Crippen LogP) is 4.40. The molecule has 1 fully saturated rings. The van der Waals surface area contributed by atoms with E-state index >= 15 is 0 Å². The van der Waals surface area contributed by atoms with Crippen molar-refractivity contribution >= 4 is 35.0 Å². The summed E-state index contributed by atoms with van der Waals surface area (Å²) in [7, 11) is 0. The van der Waals surface area contributed by atoms with E-state index in [1.54, 1.807) is 19.9 Å². The van der Waals surface area contributed by atoms with Crippen molar-refractivity contribution in [3.05, 3.63) is 39.0 Å². The van der Waals surface area contributed by atoms with Crippen molar-refractivity contribution in [2.24, 2.45) is 5.41 Å². The topological polar surface area (TPSA) is 105 Å². The summed E-state index contributed by atoms with van der Waals surface area (Å²) >= 11 is 12.0. The second kappa shape index (κ2) is 6.03. The van der Waals surface area contributed by atoms with Gasteiger partial charge in [-0.25, -0.2) is 4.68 Å². The quantitative estimate of drug-likeness (QED) is 0.747. The van der Waals surface area contributed by atoms with Gasteiger partial charge < -0.3 is 10.8 Å². The Bertz CT molecular complexity index is 1030. The van der Waals surface area contributed by atoms with E-state index in [0.29, 0.717) is 12.1 Å². The largest absolute Gasteiger partial charge is 0.481 e. The van der Waals surface area contributed by atoms with Crippen LogP contribution < -0.4 is 5.73 Å². The number of carbonyl (C=O) groups is 1. The van der Waals surface area contributed by atoms with E-state index in [9.17, 15) is 28.3 Å². The normalized spacial score (nSPS) is 20.6. The lowest BCUT2D eigenvalue weighted by Crippen LogP contribution is -2.27. The number of nitriles is 1. The lowest BCUT2D eigenvalue weighted by molar-refractivity contribution is -0.141. The molecule has 0 amide bonds. The van der Waals surface area contributed by atoms with E-state index in [1.807, 2.05) is 0 Å². The molecular weight excluding hydrogens is 420 g/mol. The van der Waals surface area contributed by atoms with Gasteiger partial charge in [0, 0.05) is 0 Å². The predicted molar refractivity (Wildman–Crippen MR) is 95.4 cm³/mol. The lowest BCUT2D eigenvalue weighted by Gasteiger charge is -2.17. The van der Waals surface area contributed by atoms with Crippen LogP contribution in [-0.2, 0) is 16.4 Å². The molecule has 1 aromatic carbocycles. The third-order valence-electron chi connectivity index (χ3n) is 5.11. The van der Waals surface area contributed by atoms with Crippen molar-refractivity contribution in [2.75, 3.05) is 5.73 Å². The number of alkyl halides is 3. The molecule has 148 valence electrons. The molecule has 0 bridgehead atoms. The van der Waals surface area contributed by atoms with Crippen LogP contribution in [0.1, 0.15) is 37.1 Å². The lowest BCUT2D eigenvalue weighted by atomic mass is 9.87. The van der Waals surface area contributed by atoms with Crippen LogP contribution in [0.3, 0.4) is 0 Å². The number of halogens is 5. The average Bonchev–Trinajstić information content (AvgIpc) is 2.99. The van der Waals surface area contributed by atoms with Crippen molar-refractivity contribution in [1.82, 2.24) is 9.78 Å². The fourth-order valence-electron chi connectivity index (χ4n) is 3.55. The van der Waals surface area contributed by atoms with Crippen LogP contribution in [0.15, 0.2) is 12.1 Å². The molecule has 1 heterocycles. The molecule has 1 unspecified atom stereocenters. The van der Waals surface area contributed by atoms with E-state index < -0.39 is 38.6 Å². The first kappa shape index (κ1) is 20.3. The van der Waals surface area contributed by atoms with Gasteiger partial charge in [0.25, 0.3) is 0 Å². The second-order valence-electron chi connectivity index (χ2n) is 7.19. The Hall–Kier alpha value is -2.44. The first-order valence-electron chi connectivity index (χ1n) is 7.87. The molecule has 0 aliphatic heterocycles. The number of nitrogens with zero attached hydrogens (tertiary/aromatic N) is 3. The maximum absolute atomic E-state index is 13.0. The number of carboxylic acids is 1. The van der Waals surface area contributed by atoms with Crippen molar-refractivity contribution in [2.45, 2.75) is 31.9 Å². The van der Waals surface area contributed by atoms with Crippen molar-refractivity contribution in [1.29, 1.82) is 5.26 Å². The van der Waals surface area contributed by atoms with E-state index in [-0.39, 0.29) is 29.2 Å². The van der Waals surface area contributed by atoms with Crippen LogP contribution in [-0.4, -0.2) is 20.9 Å². The number of anilines is 1. The summed E-state index contributed by atoms with van der Waals surface area (Å²) in [4.78, 5) is 12.0. The maximum atomic E-state index is 13.0. The van der Waals surface area contributed by atoms with Gasteiger partial charge in [0.1, 0.15) is 23.0 Å². The minimum atomic E-state index is -4.67. The van der Waals surface area contributed by atoms with Crippen LogP contribution >= 0.6 is 23.2 Å². The number of rotatable bonds is 3. The summed E-state index contributed by atoms with van der Waals surface area (Å²) in [5.74, 6) is -1.39. The number of nitrogen functional groups attached to an aromatic ring is 1. The van der Waals surface area contributed by atoms with Gasteiger partial charge in [-0.15, -0.1) is 0 Å². The Morgan fingerprint density at radius 3 is 2.21 bits per heavy atom. The van der Waals surface area contributed by atoms with Crippen LogP contribution in [0.2, 0.25) is 10.0 Å². The molecular formula is C17H13Cl2F3N4O2. The van der Waals surface area contributed by atoms with Crippen molar-refractivity contribution in [3.8, 4) is 11.8 Å². The number of carboxylic acid groups (broad SMARTS) is 1. The SMILES string of the molecule is CC1(C)CC1(C(=O)O)c1c(C#N)nn(-c2c(Cl)cc(C(F)(F)F)cc2Cl)c1N. The fraction of sp³-hybridized carbons (Fsp3) is 0.353. The molecule has 2 aromatic rings. The number of nitrogens with two attached hydrogens (primary N) is 1. The van der Waals surface area contributed by atoms with Gasteiger partial charge in [0.2, 0.25) is 0 Å². The molecule has 0 saturated heterocycles. The Labute approximate surface area is 167 Å². The number of aromatic nitrogens is 2. The third-order valence-corrected chi connectivity index (χ3v) is 5.69. The standard InChI is InChI=1S/C17H13Cl2F3N4O2/c1-15(2)6-16(15,14(27)28)11-10(5-23)25-26(13(11)24)12-8(18)3-7(4-9(12)19)17(20,21)22/h3-4H,6,24H2,1-2H3,(H,27,28). The summed E-state index contributed by atoms with van der Waals surface area (Å²) in [5, 5.41) is 22.4. The van der Waals surface area contributed by atoms with Gasteiger partial charge in [-0.2, -0.15) is 23.5 Å². The van der Waals surface area contributed by atoms with Crippen LogP contribution in [0.25, 0.3) is 5.69 Å². The van der Waals surface area contributed by atoms with Crippen LogP contribution in [0.4, 0.5) is 19.0 Å². The number of aliphatic carboxylic acids is 1. The highest BCUT2D eigenvalue weighted by atomic mass is 35.5. The molecule has 1 saturated carbocycles. The molecule has 0 radical (unpaired) electrons. The maximum Gasteiger partial charge on any atom is 0.416 e. The van der Waals surface area contributed by atoms with E-state index in [2.05, 4.69) is 5.10 Å². The Morgan fingerprint density at radius 2 is 1.86 bits per heavy atom. The van der Waals surface area contributed by atoms with E-state index in [0.717, 1.165) is 4.68 Å². The van der Waals surface area contributed by atoms with Gasteiger partial charge in [-0.3, -0.25) is 4.79 Å². The molecule has 1 aliphatic rings. The van der Waals surface area contributed by atoms with Crippen LogP contribution in [0.5, 0.6) is 0 Å². The monoisotopic (exact) mass is 432 g/mol. The van der Waals surface area contributed by atoms with Gasteiger partial charge in [0.05, 0.1) is 21.2 Å². The molecule has 1 aliphatic carbocycles. The highest BCUT2D eigenvalue weighted by Crippen LogP contribution is 2.66. The highest BCUT2D eigenvalue weighted by molar-refractivity contribution is 6.38. The van der Waals surface area contributed by atoms with Crippen LogP contribution in [0, 0.1) is 16.7 Å². The summed E-state index contributed by atoms with van der Waals surface area (Å²) < 4.78 is 39.8. The minimum absolute atomic E-state index is 0.000434. The highest BCUT2D eigenvalue weighted by Gasteiger charge is 2.70. The second-order valence-corrected chi connectivity index (χ2v) is 8.00. The molecule has 28 heavy (non-hydrogen) atoms. The van der Waals surface area contributed by atoms with E-state index in [4.69, 9.17) is 28.9 Å². The number of hydrogen-bond donors (Lipinski definition) is 2. The molecule has 0 spiro atoms. The molecule has 1 aromatic heterocycles. The van der Waals surface area contributed by atoms with Crippen molar-refractivity contribution < 1.29 is 23.1 Å². The van der Waals surface area contributed by atoms with Gasteiger partial charge in [0.15, 0.2) is 5.69 Å². The molecule has 11 heteroatoms. The summed E-state index contributed by atoms with van der Waals surface area (Å²) in [6.45, 7) is 3.41. The zero-order valence-electron chi connectivity index (χ0n) is 14.5. The number of benzene rings is 1. The Kier molecular flexibility index (Phi) is 4.37. The van der Waals surface area contributed by atoms with Gasteiger partial charge >= 0.3 is 12.1 Å². The van der Waals surface area contributed by atoms with Crippen molar-refractivity contribution in [3.63, 3.8) is 0 Å². The summed E-state index contributed by atoms with van der Waals surface area (Å²) in [6.07, 6.45) is -4.45. The molecule has 3 rings (SSSR count). The minimum Gasteiger partial charge on any atom is -0.481 e. The number of hydrogen-bond acceptors (Lipinski definition) is 4. The zero-order chi connectivity index (χ0) is 21.2. The summed E-state index contributed by atoms with van der Waals surface area (Å²) in [5.41, 5.74) is 2.48. The first-order valence-corrected chi connectivity index (χ1v) is 8.62. The van der Waals surface area contributed by atoms with Gasteiger partial charge in [-0.1, -0.05) is 37.0 Å².